The molecule has 0 fully saturated rings. The Bertz CT molecular complexity index is 387. The lowest BCUT2D eigenvalue weighted by atomic mass is 10.2. The lowest BCUT2D eigenvalue weighted by Crippen LogP contribution is -2.37. The number of nitrogens with zero attached hydrogens (tertiary/aromatic N) is 1. The minimum atomic E-state index is 0.629. The summed E-state index contributed by atoms with van der Waals surface area (Å²) in [6.07, 6.45) is 5.43. The van der Waals surface area contributed by atoms with Gasteiger partial charge in [-0.25, -0.2) is 0 Å². The van der Waals surface area contributed by atoms with Gasteiger partial charge in [0.25, 0.3) is 0 Å². The second-order valence-electron chi connectivity index (χ2n) is 6.11. The molecule has 0 heterocycles. The van der Waals surface area contributed by atoms with Gasteiger partial charge in [-0.1, -0.05) is 24.8 Å². The summed E-state index contributed by atoms with van der Waals surface area (Å²) in [4.78, 5) is 2.55. The van der Waals surface area contributed by atoms with Gasteiger partial charge in [-0.3, -0.25) is 4.90 Å². The van der Waals surface area contributed by atoms with Crippen LogP contribution < -0.4 is 4.74 Å². The predicted molar refractivity (Wildman–Crippen MR) is 92.9 cm³/mol. The Kier molecular flexibility index (Phi) is 8.14. The Morgan fingerprint density at radius 3 is 2.14 bits per heavy atom. The number of ether oxygens (including phenoxy) is 1. The van der Waals surface area contributed by atoms with E-state index in [1.54, 1.807) is 0 Å². The maximum atomic E-state index is 5.76. The SMILES string of the molecule is C=Cc1ccc(OCCCCCN(C(C)C)C(C)C)cc1. The van der Waals surface area contributed by atoms with Crippen LogP contribution >= 0.6 is 0 Å². The molecule has 21 heavy (non-hydrogen) atoms. The highest BCUT2D eigenvalue weighted by Crippen LogP contribution is 2.14. The van der Waals surface area contributed by atoms with E-state index in [0.29, 0.717) is 12.1 Å². The lowest BCUT2D eigenvalue weighted by molar-refractivity contribution is 0.170. The summed E-state index contributed by atoms with van der Waals surface area (Å²) in [6, 6.07) is 9.35. The van der Waals surface area contributed by atoms with E-state index in [0.717, 1.165) is 24.3 Å². The highest BCUT2D eigenvalue weighted by molar-refractivity contribution is 5.48. The second-order valence-corrected chi connectivity index (χ2v) is 6.11. The molecule has 1 rings (SSSR count). The summed E-state index contributed by atoms with van der Waals surface area (Å²) in [5, 5.41) is 0. The fraction of sp³-hybridized carbons (Fsp3) is 0.579. The van der Waals surface area contributed by atoms with Crippen LogP contribution in [0.15, 0.2) is 30.8 Å². The minimum absolute atomic E-state index is 0.629. The van der Waals surface area contributed by atoms with Gasteiger partial charge in [-0.05, 0) is 71.2 Å². The van der Waals surface area contributed by atoms with Gasteiger partial charge in [0.05, 0.1) is 6.61 Å². The Morgan fingerprint density at radius 1 is 1.00 bits per heavy atom. The molecule has 0 aromatic heterocycles. The molecular formula is C19H31NO. The maximum Gasteiger partial charge on any atom is 0.119 e. The van der Waals surface area contributed by atoms with Crippen LogP contribution in [0.25, 0.3) is 6.08 Å². The first-order valence-corrected chi connectivity index (χ1v) is 8.15. The van der Waals surface area contributed by atoms with Gasteiger partial charge in [0.15, 0.2) is 0 Å². The zero-order chi connectivity index (χ0) is 15.7. The van der Waals surface area contributed by atoms with Gasteiger partial charge in [0.1, 0.15) is 5.75 Å². The van der Waals surface area contributed by atoms with Crippen LogP contribution in [0.1, 0.15) is 52.5 Å². The molecule has 2 heteroatoms. The van der Waals surface area contributed by atoms with Crippen molar-refractivity contribution in [2.45, 2.75) is 59.0 Å². The van der Waals surface area contributed by atoms with Gasteiger partial charge in [-0.2, -0.15) is 0 Å². The molecule has 0 amide bonds. The third-order valence-corrected chi connectivity index (χ3v) is 3.77. The van der Waals surface area contributed by atoms with Crippen molar-refractivity contribution in [3.05, 3.63) is 36.4 Å². The van der Waals surface area contributed by atoms with Crippen LogP contribution in [0, 0.1) is 0 Å². The summed E-state index contributed by atoms with van der Waals surface area (Å²) in [6.45, 7) is 14.8. The molecule has 0 radical (unpaired) electrons. The number of benzene rings is 1. The molecule has 0 atom stereocenters. The average molecular weight is 289 g/mol. The van der Waals surface area contributed by atoms with Crippen molar-refractivity contribution in [2.24, 2.45) is 0 Å². The third kappa shape index (κ3) is 6.81. The van der Waals surface area contributed by atoms with E-state index >= 15 is 0 Å². The van der Waals surface area contributed by atoms with Crippen molar-refractivity contribution in [3.8, 4) is 5.75 Å². The van der Waals surface area contributed by atoms with Crippen LogP contribution in [0.5, 0.6) is 5.75 Å². The van der Waals surface area contributed by atoms with Gasteiger partial charge >= 0.3 is 0 Å². The molecule has 1 aromatic carbocycles. The van der Waals surface area contributed by atoms with E-state index in [1.807, 2.05) is 30.3 Å². The maximum absolute atomic E-state index is 5.76. The summed E-state index contributed by atoms with van der Waals surface area (Å²) < 4.78 is 5.76. The fourth-order valence-electron chi connectivity index (χ4n) is 2.58. The van der Waals surface area contributed by atoms with Crippen LogP contribution in [0.4, 0.5) is 0 Å². The van der Waals surface area contributed by atoms with Crippen molar-refractivity contribution in [3.63, 3.8) is 0 Å². The van der Waals surface area contributed by atoms with Gasteiger partial charge in [0.2, 0.25) is 0 Å². The first kappa shape index (κ1) is 17.8. The molecule has 2 nitrogen and oxygen atoms in total. The normalized spacial score (nSPS) is 11.4. The molecule has 1 aromatic rings. The molecule has 0 bridgehead atoms. The highest BCUT2D eigenvalue weighted by Gasteiger charge is 2.11. The Hall–Kier alpha value is -1.28. The third-order valence-electron chi connectivity index (χ3n) is 3.77. The van der Waals surface area contributed by atoms with E-state index < -0.39 is 0 Å². The van der Waals surface area contributed by atoms with Crippen molar-refractivity contribution in [2.75, 3.05) is 13.2 Å². The van der Waals surface area contributed by atoms with Crippen LogP contribution in [-0.2, 0) is 0 Å². The minimum Gasteiger partial charge on any atom is -0.494 e. The van der Waals surface area contributed by atoms with Gasteiger partial charge in [0, 0.05) is 12.1 Å². The summed E-state index contributed by atoms with van der Waals surface area (Å²) in [5.41, 5.74) is 1.13. The molecule has 0 N–H and O–H groups in total. The monoisotopic (exact) mass is 289 g/mol. The first-order chi connectivity index (χ1) is 10.0. The standard InChI is InChI=1S/C19H31NO/c1-6-18-10-12-19(13-11-18)21-15-9-7-8-14-20(16(2)3)17(4)5/h6,10-13,16-17H,1,7-9,14-15H2,2-5H3. The van der Waals surface area contributed by atoms with Gasteiger partial charge < -0.3 is 4.74 Å². The van der Waals surface area contributed by atoms with Crippen molar-refractivity contribution < 1.29 is 4.74 Å². The predicted octanol–water partition coefficient (Wildman–Crippen LogP) is 5.00. The van der Waals surface area contributed by atoms with Crippen LogP contribution in [0.3, 0.4) is 0 Å². The molecule has 0 aliphatic carbocycles. The summed E-state index contributed by atoms with van der Waals surface area (Å²) in [7, 11) is 0. The number of hydrogen-bond acceptors (Lipinski definition) is 2. The molecule has 0 unspecified atom stereocenters. The van der Waals surface area contributed by atoms with Crippen molar-refractivity contribution in [1.29, 1.82) is 0 Å². The molecule has 0 saturated heterocycles. The Labute approximate surface area is 130 Å². The Balaban J connectivity index is 2.15. The zero-order valence-corrected chi connectivity index (χ0v) is 14.1. The highest BCUT2D eigenvalue weighted by atomic mass is 16.5. The van der Waals surface area contributed by atoms with Crippen molar-refractivity contribution in [1.82, 2.24) is 4.90 Å². The molecule has 0 aliphatic heterocycles. The fourth-order valence-corrected chi connectivity index (χ4v) is 2.58. The first-order valence-electron chi connectivity index (χ1n) is 8.15. The van der Waals surface area contributed by atoms with E-state index in [-0.39, 0.29) is 0 Å². The number of unbranched alkanes of at least 4 members (excludes halogenated alkanes) is 2. The molecule has 118 valence electrons. The molecule has 0 spiro atoms. The van der Waals surface area contributed by atoms with E-state index in [9.17, 15) is 0 Å². The lowest BCUT2D eigenvalue weighted by Gasteiger charge is -2.30. The number of rotatable bonds is 10. The smallest absolute Gasteiger partial charge is 0.119 e. The van der Waals surface area contributed by atoms with E-state index in [4.69, 9.17) is 4.74 Å². The van der Waals surface area contributed by atoms with E-state index in [2.05, 4.69) is 39.2 Å². The quantitative estimate of drug-likeness (QED) is 0.562. The molecular weight excluding hydrogens is 258 g/mol. The summed E-state index contributed by atoms with van der Waals surface area (Å²) >= 11 is 0. The van der Waals surface area contributed by atoms with E-state index in [1.165, 1.54) is 19.4 Å². The average Bonchev–Trinajstić information content (AvgIpc) is 2.46. The molecule has 0 aliphatic rings. The second kappa shape index (κ2) is 9.62. The topological polar surface area (TPSA) is 12.5 Å². The van der Waals surface area contributed by atoms with Crippen molar-refractivity contribution >= 4 is 6.08 Å². The van der Waals surface area contributed by atoms with Crippen LogP contribution in [0.2, 0.25) is 0 Å². The van der Waals surface area contributed by atoms with Crippen LogP contribution in [-0.4, -0.2) is 30.1 Å². The summed E-state index contributed by atoms with van der Waals surface area (Å²) in [5.74, 6) is 0.951. The largest absolute Gasteiger partial charge is 0.494 e. The van der Waals surface area contributed by atoms with Gasteiger partial charge in [-0.15, -0.1) is 0 Å². The Morgan fingerprint density at radius 2 is 1.62 bits per heavy atom. The number of hydrogen-bond donors (Lipinski definition) is 0. The zero-order valence-electron chi connectivity index (χ0n) is 14.1. The molecule has 0 saturated carbocycles.